The van der Waals surface area contributed by atoms with Crippen molar-refractivity contribution in [3.8, 4) is 6.07 Å². The summed E-state index contributed by atoms with van der Waals surface area (Å²) in [7, 11) is 1.15. The number of carbonyl (C=O) groups is 3. The fourth-order valence-corrected chi connectivity index (χ4v) is 2.51. The highest BCUT2D eigenvalue weighted by molar-refractivity contribution is 9.10. The summed E-state index contributed by atoms with van der Waals surface area (Å²) in [6, 6.07) is 12.9. The first-order valence-electron chi connectivity index (χ1n) is 7.13. The van der Waals surface area contributed by atoms with E-state index in [1.807, 2.05) is 6.07 Å². The zero-order valence-electron chi connectivity index (χ0n) is 13.2. The lowest BCUT2D eigenvalue weighted by Gasteiger charge is -2.17. The summed E-state index contributed by atoms with van der Waals surface area (Å²) in [4.78, 5) is 36.1. The van der Waals surface area contributed by atoms with Crippen molar-refractivity contribution in [1.82, 2.24) is 0 Å². The molecule has 2 rings (SSSR count). The van der Waals surface area contributed by atoms with Crippen molar-refractivity contribution < 1.29 is 19.1 Å². The van der Waals surface area contributed by atoms with E-state index in [1.165, 1.54) is 18.2 Å². The van der Waals surface area contributed by atoms with Crippen molar-refractivity contribution in [1.29, 1.82) is 5.26 Å². The summed E-state index contributed by atoms with van der Waals surface area (Å²) in [5.41, 5.74) is 0.966. The SMILES string of the molecule is COC(=O)C(C(=O)Nc1ccc(Br)cc1)c1cc(C#N)ccc1C=O. The van der Waals surface area contributed by atoms with Crippen molar-refractivity contribution in [3.05, 3.63) is 63.6 Å². The molecule has 2 aromatic rings. The number of hydrogen-bond acceptors (Lipinski definition) is 5. The smallest absolute Gasteiger partial charge is 0.322 e. The van der Waals surface area contributed by atoms with Gasteiger partial charge in [-0.1, -0.05) is 22.0 Å². The maximum absolute atomic E-state index is 12.6. The molecule has 0 fully saturated rings. The molecule has 1 amide bonds. The monoisotopic (exact) mass is 400 g/mol. The third-order valence-corrected chi connectivity index (χ3v) is 3.99. The van der Waals surface area contributed by atoms with Gasteiger partial charge in [0.05, 0.1) is 18.7 Å². The average Bonchev–Trinajstić information content (AvgIpc) is 2.63. The number of rotatable bonds is 5. The van der Waals surface area contributed by atoms with E-state index >= 15 is 0 Å². The standard InChI is InChI=1S/C18H13BrN2O4/c1-25-18(24)16(15-8-11(9-20)2-3-12(15)10-22)17(23)21-14-6-4-13(19)5-7-14/h2-8,10,16H,1H3,(H,21,23). The van der Waals surface area contributed by atoms with E-state index in [4.69, 9.17) is 10.00 Å². The molecule has 6 nitrogen and oxygen atoms in total. The normalized spacial score (nSPS) is 11.1. The van der Waals surface area contributed by atoms with Crippen LogP contribution in [0.4, 0.5) is 5.69 Å². The third-order valence-electron chi connectivity index (χ3n) is 3.46. The molecule has 25 heavy (non-hydrogen) atoms. The fourth-order valence-electron chi connectivity index (χ4n) is 2.24. The zero-order chi connectivity index (χ0) is 18.4. The first-order chi connectivity index (χ1) is 12.0. The fraction of sp³-hybridized carbons (Fsp3) is 0.111. The molecule has 0 saturated heterocycles. The van der Waals surface area contributed by atoms with Crippen LogP contribution in [0.15, 0.2) is 46.9 Å². The van der Waals surface area contributed by atoms with Crippen molar-refractivity contribution in [2.24, 2.45) is 0 Å². The Hall–Kier alpha value is -2.98. The highest BCUT2D eigenvalue weighted by Gasteiger charge is 2.32. The number of esters is 1. The van der Waals surface area contributed by atoms with Crippen LogP contribution < -0.4 is 5.32 Å². The summed E-state index contributed by atoms with van der Waals surface area (Å²) in [5.74, 6) is -2.86. The molecule has 0 heterocycles. The van der Waals surface area contributed by atoms with E-state index in [0.717, 1.165) is 11.6 Å². The van der Waals surface area contributed by atoms with Crippen molar-refractivity contribution in [2.75, 3.05) is 12.4 Å². The predicted molar refractivity (Wildman–Crippen MR) is 94.1 cm³/mol. The summed E-state index contributed by atoms with van der Waals surface area (Å²) in [6.07, 6.45) is 0.527. The number of aldehydes is 1. The first kappa shape index (κ1) is 18.4. The predicted octanol–water partition coefficient (Wildman–Crippen LogP) is 3.03. The van der Waals surface area contributed by atoms with Gasteiger partial charge in [0.2, 0.25) is 5.91 Å². The summed E-state index contributed by atoms with van der Waals surface area (Å²) >= 11 is 3.29. The summed E-state index contributed by atoms with van der Waals surface area (Å²) < 4.78 is 5.54. The van der Waals surface area contributed by atoms with E-state index in [-0.39, 0.29) is 16.7 Å². The van der Waals surface area contributed by atoms with Crippen LogP contribution in [0.25, 0.3) is 0 Å². The van der Waals surface area contributed by atoms with Gasteiger partial charge in [0.15, 0.2) is 5.92 Å². The average molecular weight is 401 g/mol. The lowest BCUT2D eigenvalue weighted by molar-refractivity contribution is -0.145. The van der Waals surface area contributed by atoms with E-state index in [2.05, 4.69) is 21.2 Å². The number of nitriles is 1. The lowest BCUT2D eigenvalue weighted by atomic mass is 9.92. The van der Waals surface area contributed by atoms with Crippen LogP contribution in [0.5, 0.6) is 0 Å². The third kappa shape index (κ3) is 4.31. The van der Waals surface area contributed by atoms with Crippen molar-refractivity contribution in [3.63, 3.8) is 0 Å². The van der Waals surface area contributed by atoms with Crippen LogP contribution in [-0.4, -0.2) is 25.3 Å². The Morgan fingerprint density at radius 2 is 1.92 bits per heavy atom. The van der Waals surface area contributed by atoms with E-state index in [0.29, 0.717) is 12.0 Å². The maximum atomic E-state index is 12.6. The molecular formula is C18H13BrN2O4. The van der Waals surface area contributed by atoms with Gasteiger partial charge in [-0.15, -0.1) is 0 Å². The number of ether oxygens (including phenoxy) is 1. The second-order valence-corrected chi connectivity index (χ2v) is 5.94. The minimum absolute atomic E-state index is 0.121. The lowest BCUT2D eigenvalue weighted by Crippen LogP contribution is -2.29. The number of nitrogens with one attached hydrogen (secondary N) is 1. The Bertz CT molecular complexity index is 856. The van der Waals surface area contributed by atoms with Crippen LogP contribution in [0.2, 0.25) is 0 Å². The largest absolute Gasteiger partial charge is 0.468 e. The van der Waals surface area contributed by atoms with Crippen LogP contribution in [-0.2, 0) is 14.3 Å². The number of methoxy groups -OCH3 is 1. The number of nitrogens with zero attached hydrogens (tertiary/aromatic N) is 1. The van der Waals surface area contributed by atoms with Gasteiger partial charge in [0.1, 0.15) is 6.29 Å². The number of halogens is 1. The zero-order valence-corrected chi connectivity index (χ0v) is 14.7. The molecule has 2 aromatic carbocycles. The van der Waals surface area contributed by atoms with Gasteiger partial charge in [0, 0.05) is 15.7 Å². The van der Waals surface area contributed by atoms with E-state index in [9.17, 15) is 14.4 Å². The second-order valence-electron chi connectivity index (χ2n) is 5.03. The molecule has 1 unspecified atom stereocenters. The Balaban J connectivity index is 2.44. The molecule has 0 radical (unpaired) electrons. The van der Waals surface area contributed by atoms with Gasteiger partial charge < -0.3 is 10.1 Å². The van der Waals surface area contributed by atoms with Crippen molar-refractivity contribution in [2.45, 2.75) is 5.92 Å². The molecule has 0 aliphatic heterocycles. The Labute approximate surface area is 152 Å². The van der Waals surface area contributed by atoms with Crippen LogP contribution in [0.1, 0.15) is 27.4 Å². The minimum atomic E-state index is -1.37. The number of carbonyl (C=O) groups excluding carboxylic acids is 3. The van der Waals surface area contributed by atoms with Crippen LogP contribution >= 0.6 is 15.9 Å². The topological polar surface area (TPSA) is 96.3 Å². The van der Waals surface area contributed by atoms with E-state index < -0.39 is 17.8 Å². The minimum Gasteiger partial charge on any atom is -0.468 e. The number of anilines is 1. The molecule has 7 heteroatoms. The maximum Gasteiger partial charge on any atom is 0.322 e. The van der Waals surface area contributed by atoms with Crippen LogP contribution in [0.3, 0.4) is 0 Å². The van der Waals surface area contributed by atoms with Crippen LogP contribution in [0, 0.1) is 11.3 Å². The number of hydrogen-bond donors (Lipinski definition) is 1. The van der Waals surface area contributed by atoms with Gasteiger partial charge in [-0.2, -0.15) is 5.26 Å². The molecule has 0 bridgehead atoms. The number of benzene rings is 2. The Morgan fingerprint density at radius 3 is 2.48 bits per heavy atom. The van der Waals surface area contributed by atoms with E-state index in [1.54, 1.807) is 24.3 Å². The number of amides is 1. The summed E-state index contributed by atoms with van der Waals surface area (Å²) in [6.45, 7) is 0. The van der Waals surface area contributed by atoms with Gasteiger partial charge in [0.25, 0.3) is 0 Å². The molecule has 1 N–H and O–H groups in total. The molecular weight excluding hydrogens is 388 g/mol. The highest BCUT2D eigenvalue weighted by atomic mass is 79.9. The van der Waals surface area contributed by atoms with Gasteiger partial charge in [-0.3, -0.25) is 14.4 Å². The molecule has 0 aliphatic carbocycles. The highest BCUT2D eigenvalue weighted by Crippen LogP contribution is 2.25. The molecule has 0 aromatic heterocycles. The van der Waals surface area contributed by atoms with Crippen molar-refractivity contribution >= 4 is 39.8 Å². The Kier molecular flexibility index (Phi) is 6.03. The second kappa shape index (κ2) is 8.22. The Morgan fingerprint density at radius 1 is 1.24 bits per heavy atom. The van der Waals surface area contributed by atoms with Gasteiger partial charge >= 0.3 is 5.97 Å². The molecule has 0 aliphatic rings. The van der Waals surface area contributed by atoms with Gasteiger partial charge in [-0.05, 0) is 42.0 Å². The molecule has 0 saturated carbocycles. The molecule has 0 spiro atoms. The molecule has 1 atom stereocenters. The first-order valence-corrected chi connectivity index (χ1v) is 7.93. The van der Waals surface area contributed by atoms with Gasteiger partial charge in [-0.25, -0.2) is 0 Å². The quantitative estimate of drug-likeness (QED) is 0.472. The molecule has 126 valence electrons. The summed E-state index contributed by atoms with van der Waals surface area (Å²) in [5, 5.41) is 11.7.